The van der Waals surface area contributed by atoms with E-state index in [0.717, 1.165) is 21.7 Å². The molecule has 0 spiro atoms. The van der Waals surface area contributed by atoms with Gasteiger partial charge >= 0.3 is 0 Å². The first-order valence-electron chi connectivity index (χ1n) is 5.20. The predicted molar refractivity (Wildman–Crippen MR) is 69.7 cm³/mol. The highest BCUT2D eigenvalue weighted by atomic mass is 79.9. The molecule has 0 amide bonds. The van der Waals surface area contributed by atoms with Crippen LogP contribution in [-0.2, 0) is 6.54 Å². The third-order valence-corrected chi connectivity index (χ3v) is 3.06. The molecule has 16 heavy (non-hydrogen) atoms. The smallest absolute Gasteiger partial charge is 0.123 e. The van der Waals surface area contributed by atoms with Crippen LogP contribution in [0.15, 0.2) is 39.2 Å². The van der Waals surface area contributed by atoms with Gasteiger partial charge in [-0.1, -0.05) is 6.07 Å². The Balaban J connectivity index is 2.07. The predicted octanol–water partition coefficient (Wildman–Crippen LogP) is 4.27. The molecule has 0 saturated carbocycles. The van der Waals surface area contributed by atoms with Crippen LogP contribution in [0, 0.1) is 13.8 Å². The number of aryl methyl sites for hydroxylation is 2. The quantitative estimate of drug-likeness (QED) is 0.908. The van der Waals surface area contributed by atoms with E-state index in [2.05, 4.69) is 40.3 Å². The van der Waals surface area contributed by atoms with Gasteiger partial charge in [0.25, 0.3) is 0 Å². The maximum atomic E-state index is 5.50. The van der Waals surface area contributed by atoms with Crippen LogP contribution in [0.2, 0.25) is 0 Å². The number of nitrogens with one attached hydrogen (secondary N) is 1. The summed E-state index contributed by atoms with van der Waals surface area (Å²) in [6.07, 6.45) is 0. The summed E-state index contributed by atoms with van der Waals surface area (Å²) in [5.74, 6) is 1.89. The van der Waals surface area contributed by atoms with Gasteiger partial charge in [0.2, 0.25) is 0 Å². The minimum absolute atomic E-state index is 0.704. The van der Waals surface area contributed by atoms with Crippen LogP contribution >= 0.6 is 15.9 Å². The first-order valence-corrected chi connectivity index (χ1v) is 6.00. The first-order chi connectivity index (χ1) is 7.65. The Labute approximate surface area is 104 Å². The molecule has 0 fully saturated rings. The summed E-state index contributed by atoms with van der Waals surface area (Å²) in [6, 6.07) is 10.2. The largest absolute Gasteiger partial charge is 0.465 e. The van der Waals surface area contributed by atoms with E-state index in [1.807, 2.05) is 25.1 Å². The Kier molecular flexibility index (Phi) is 3.34. The molecule has 2 rings (SSSR count). The van der Waals surface area contributed by atoms with Crippen LogP contribution in [0.25, 0.3) is 0 Å². The van der Waals surface area contributed by atoms with Gasteiger partial charge in [0.05, 0.1) is 6.54 Å². The molecule has 1 aromatic carbocycles. The second-order valence-electron chi connectivity index (χ2n) is 3.85. The number of furan rings is 1. The molecule has 1 aromatic heterocycles. The van der Waals surface area contributed by atoms with Crippen LogP contribution in [0.3, 0.4) is 0 Å². The highest BCUT2D eigenvalue weighted by molar-refractivity contribution is 9.10. The first kappa shape index (κ1) is 11.3. The molecule has 0 bridgehead atoms. The zero-order valence-corrected chi connectivity index (χ0v) is 11.0. The highest BCUT2D eigenvalue weighted by Gasteiger charge is 2.02. The van der Waals surface area contributed by atoms with E-state index in [-0.39, 0.29) is 0 Å². The van der Waals surface area contributed by atoms with Gasteiger partial charge in [0.15, 0.2) is 0 Å². The Morgan fingerprint density at radius 3 is 2.69 bits per heavy atom. The Morgan fingerprint density at radius 2 is 2.00 bits per heavy atom. The maximum absolute atomic E-state index is 5.50. The third kappa shape index (κ3) is 2.67. The molecule has 0 radical (unpaired) electrons. The van der Waals surface area contributed by atoms with Crippen molar-refractivity contribution in [2.24, 2.45) is 0 Å². The topological polar surface area (TPSA) is 25.2 Å². The lowest BCUT2D eigenvalue weighted by molar-refractivity contribution is 0.490. The molecule has 2 nitrogen and oxygen atoms in total. The van der Waals surface area contributed by atoms with E-state index in [1.54, 1.807) is 0 Å². The fourth-order valence-corrected chi connectivity index (χ4v) is 1.92. The molecule has 3 heteroatoms. The summed E-state index contributed by atoms with van der Waals surface area (Å²) in [7, 11) is 0. The number of anilines is 1. The molecule has 0 unspecified atom stereocenters. The van der Waals surface area contributed by atoms with Gasteiger partial charge in [-0.25, -0.2) is 0 Å². The van der Waals surface area contributed by atoms with Crippen LogP contribution < -0.4 is 5.32 Å². The maximum Gasteiger partial charge on any atom is 0.123 e. The lowest BCUT2D eigenvalue weighted by atomic mass is 10.2. The van der Waals surface area contributed by atoms with Crippen molar-refractivity contribution < 1.29 is 4.42 Å². The van der Waals surface area contributed by atoms with Gasteiger partial charge in [-0.15, -0.1) is 0 Å². The lowest BCUT2D eigenvalue weighted by Crippen LogP contribution is -1.99. The molecule has 84 valence electrons. The molecular formula is C13H14BrNO. The second kappa shape index (κ2) is 4.74. The molecule has 1 heterocycles. The minimum Gasteiger partial charge on any atom is -0.465 e. The van der Waals surface area contributed by atoms with Crippen molar-refractivity contribution in [1.82, 2.24) is 0 Å². The van der Waals surface area contributed by atoms with Crippen LogP contribution in [0.1, 0.15) is 17.1 Å². The molecule has 0 saturated heterocycles. The monoisotopic (exact) mass is 279 g/mol. The second-order valence-corrected chi connectivity index (χ2v) is 4.70. The summed E-state index contributed by atoms with van der Waals surface area (Å²) in [6.45, 7) is 4.73. The van der Waals surface area contributed by atoms with Gasteiger partial charge in [0, 0.05) is 10.2 Å². The molecule has 0 aliphatic rings. The van der Waals surface area contributed by atoms with Crippen molar-refractivity contribution in [2.45, 2.75) is 20.4 Å². The number of benzene rings is 1. The zero-order valence-electron chi connectivity index (χ0n) is 9.38. The molecule has 0 aliphatic heterocycles. The van der Waals surface area contributed by atoms with Gasteiger partial charge in [0.1, 0.15) is 11.5 Å². The van der Waals surface area contributed by atoms with Crippen molar-refractivity contribution in [3.8, 4) is 0 Å². The van der Waals surface area contributed by atoms with E-state index in [4.69, 9.17) is 4.42 Å². The minimum atomic E-state index is 0.704. The zero-order chi connectivity index (χ0) is 11.5. The van der Waals surface area contributed by atoms with Gasteiger partial charge in [-0.2, -0.15) is 0 Å². The summed E-state index contributed by atoms with van der Waals surface area (Å²) in [5.41, 5.74) is 2.33. The molecule has 2 aromatic rings. The Hall–Kier alpha value is -1.22. The normalized spacial score (nSPS) is 10.4. The fourth-order valence-electron chi connectivity index (χ4n) is 1.54. The van der Waals surface area contributed by atoms with Crippen molar-refractivity contribution in [2.75, 3.05) is 5.32 Å². The van der Waals surface area contributed by atoms with Crippen LogP contribution in [0.5, 0.6) is 0 Å². The van der Waals surface area contributed by atoms with E-state index in [9.17, 15) is 0 Å². The third-order valence-electron chi connectivity index (χ3n) is 2.37. The molecule has 1 N–H and O–H groups in total. The van der Waals surface area contributed by atoms with Crippen molar-refractivity contribution in [3.63, 3.8) is 0 Å². The lowest BCUT2D eigenvalue weighted by Gasteiger charge is -2.07. The van der Waals surface area contributed by atoms with Crippen LogP contribution in [0.4, 0.5) is 5.69 Å². The molecular weight excluding hydrogens is 266 g/mol. The molecule has 0 aliphatic carbocycles. The fraction of sp³-hybridized carbons (Fsp3) is 0.231. The van der Waals surface area contributed by atoms with E-state index >= 15 is 0 Å². The number of hydrogen-bond acceptors (Lipinski definition) is 2. The summed E-state index contributed by atoms with van der Waals surface area (Å²) in [5, 5.41) is 3.34. The van der Waals surface area contributed by atoms with E-state index in [0.29, 0.717) is 6.54 Å². The van der Waals surface area contributed by atoms with Gasteiger partial charge in [-0.3, -0.25) is 0 Å². The number of rotatable bonds is 3. The van der Waals surface area contributed by atoms with Gasteiger partial charge < -0.3 is 9.73 Å². The van der Waals surface area contributed by atoms with E-state index < -0.39 is 0 Å². The Bertz CT molecular complexity index is 490. The standard InChI is InChI=1S/C13H14BrNO/c1-9-3-6-12(14)13(7-9)15-8-11-5-4-10(2)16-11/h3-7,15H,8H2,1-2H3. The SMILES string of the molecule is Cc1ccc(Br)c(NCc2ccc(C)o2)c1. The highest BCUT2D eigenvalue weighted by Crippen LogP contribution is 2.24. The molecule has 0 atom stereocenters. The summed E-state index contributed by atoms with van der Waals surface area (Å²) >= 11 is 3.52. The average molecular weight is 280 g/mol. The van der Waals surface area contributed by atoms with Crippen LogP contribution in [-0.4, -0.2) is 0 Å². The average Bonchev–Trinajstić information content (AvgIpc) is 2.66. The number of hydrogen-bond donors (Lipinski definition) is 1. The van der Waals surface area contributed by atoms with Crippen molar-refractivity contribution in [1.29, 1.82) is 0 Å². The Morgan fingerprint density at radius 1 is 1.19 bits per heavy atom. The summed E-state index contributed by atoms with van der Waals surface area (Å²) in [4.78, 5) is 0. The number of halogens is 1. The van der Waals surface area contributed by atoms with Gasteiger partial charge in [-0.05, 0) is 59.6 Å². The van der Waals surface area contributed by atoms with E-state index in [1.165, 1.54) is 5.56 Å². The van der Waals surface area contributed by atoms with Crippen molar-refractivity contribution in [3.05, 3.63) is 51.9 Å². The summed E-state index contributed by atoms with van der Waals surface area (Å²) < 4.78 is 6.57. The van der Waals surface area contributed by atoms with Crippen molar-refractivity contribution >= 4 is 21.6 Å².